The van der Waals surface area contributed by atoms with Gasteiger partial charge >= 0.3 is 0 Å². The average Bonchev–Trinajstić information content (AvgIpc) is 2.80. The molecular weight excluding hydrogens is 266 g/mol. The molecule has 4 heteroatoms. The third-order valence-electron chi connectivity index (χ3n) is 4.48. The monoisotopic (exact) mass is 289 g/mol. The lowest BCUT2D eigenvalue weighted by molar-refractivity contribution is 0.242. The van der Waals surface area contributed by atoms with E-state index in [1.165, 1.54) is 42.6 Å². The van der Waals surface area contributed by atoms with E-state index >= 15 is 0 Å². The van der Waals surface area contributed by atoms with Gasteiger partial charge in [-0.15, -0.1) is 0 Å². The van der Waals surface area contributed by atoms with Gasteiger partial charge in [-0.05, 0) is 42.9 Å². The number of aliphatic imine (C=N–C) groups is 1. The molecule has 3 nitrogen and oxygen atoms in total. The molecule has 1 aromatic rings. The molecule has 108 valence electrons. The highest BCUT2D eigenvalue weighted by Crippen LogP contribution is 2.38. The van der Waals surface area contributed by atoms with Crippen LogP contribution in [0, 0.1) is 12.8 Å². The lowest BCUT2D eigenvalue weighted by Crippen LogP contribution is -2.47. The van der Waals surface area contributed by atoms with E-state index in [4.69, 9.17) is 4.99 Å². The Kier molecular flexibility index (Phi) is 4.01. The third-order valence-corrected chi connectivity index (χ3v) is 5.68. The molecule has 2 heterocycles. The number of aryl methyl sites for hydroxylation is 1. The maximum Gasteiger partial charge on any atom is 0.157 e. The molecule has 0 amide bonds. The normalized spacial score (nSPS) is 31.7. The van der Waals surface area contributed by atoms with Crippen molar-refractivity contribution in [3.8, 4) is 0 Å². The molecule has 1 saturated carbocycles. The van der Waals surface area contributed by atoms with Gasteiger partial charge in [0.25, 0.3) is 0 Å². The minimum atomic E-state index is 0.328. The molecule has 20 heavy (non-hydrogen) atoms. The molecule has 1 saturated heterocycles. The fourth-order valence-corrected chi connectivity index (χ4v) is 4.52. The van der Waals surface area contributed by atoms with Crippen LogP contribution in [-0.4, -0.2) is 21.4 Å². The number of thioether (sulfide) groups is 1. The second kappa shape index (κ2) is 5.76. The van der Waals surface area contributed by atoms with Crippen molar-refractivity contribution in [2.24, 2.45) is 10.9 Å². The first kappa shape index (κ1) is 13.9. The van der Waals surface area contributed by atoms with Crippen molar-refractivity contribution in [3.63, 3.8) is 0 Å². The van der Waals surface area contributed by atoms with Crippen molar-refractivity contribution in [2.75, 3.05) is 5.75 Å². The molecule has 3 rings (SSSR count). The van der Waals surface area contributed by atoms with Gasteiger partial charge in [-0.1, -0.05) is 31.5 Å². The van der Waals surface area contributed by atoms with Gasteiger partial charge < -0.3 is 5.32 Å². The molecule has 0 radical (unpaired) electrons. The first-order valence-electron chi connectivity index (χ1n) is 7.52. The molecule has 1 N–H and O–H groups in total. The van der Waals surface area contributed by atoms with Gasteiger partial charge in [0.05, 0.1) is 6.54 Å². The van der Waals surface area contributed by atoms with Gasteiger partial charge in [-0.3, -0.25) is 9.98 Å². The van der Waals surface area contributed by atoms with Gasteiger partial charge in [0, 0.05) is 23.7 Å². The molecule has 1 aromatic heterocycles. The third kappa shape index (κ3) is 3.00. The molecule has 2 unspecified atom stereocenters. The van der Waals surface area contributed by atoms with E-state index in [1.807, 2.05) is 24.2 Å². The summed E-state index contributed by atoms with van der Waals surface area (Å²) in [6, 6.07) is 2.07. The summed E-state index contributed by atoms with van der Waals surface area (Å²) < 4.78 is 0. The summed E-state index contributed by atoms with van der Waals surface area (Å²) in [5.41, 5.74) is 2.82. The van der Waals surface area contributed by atoms with Gasteiger partial charge in [-0.2, -0.15) is 0 Å². The van der Waals surface area contributed by atoms with Crippen LogP contribution in [0.2, 0.25) is 0 Å². The van der Waals surface area contributed by atoms with Crippen molar-refractivity contribution in [2.45, 2.75) is 51.6 Å². The van der Waals surface area contributed by atoms with E-state index in [2.05, 4.69) is 30.2 Å². The number of pyridine rings is 1. The van der Waals surface area contributed by atoms with E-state index < -0.39 is 0 Å². The Hall–Kier alpha value is -1.03. The largest absolute Gasteiger partial charge is 0.359 e. The number of nitrogens with one attached hydrogen (secondary N) is 1. The zero-order valence-electron chi connectivity index (χ0n) is 12.4. The molecule has 2 fully saturated rings. The Labute approximate surface area is 125 Å². The van der Waals surface area contributed by atoms with Crippen LogP contribution in [-0.2, 0) is 6.54 Å². The first-order valence-corrected chi connectivity index (χ1v) is 8.50. The summed E-state index contributed by atoms with van der Waals surface area (Å²) in [5.74, 6) is 2.03. The van der Waals surface area contributed by atoms with Crippen molar-refractivity contribution in [1.29, 1.82) is 0 Å². The predicted octanol–water partition coefficient (Wildman–Crippen LogP) is 3.53. The maximum absolute atomic E-state index is 4.77. The van der Waals surface area contributed by atoms with Crippen LogP contribution in [0.4, 0.5) is 0 Å². The highest BCUT2D eigenvalue weighted by atomic mass is 32.2. The molecule has 1 aliphatic carbocycles. The Bertz CT molecular complexity index is 514. The second-order valence-electron chi connectivity index (χ2n) is 6.32. The van der Waals surface area contributed by atoms with Gasteiger partial charge in [0.1, 0.15) is 0 Å². The lowest BCUT2D eigenvalue weighted by atomic mass is 9.78. The average molecular weight is 289 g/mol. The molecule has 1 spiro atoms. The second-order valence-corrected chi connectivity index (χ2v) is 7.28. The van der Waals surface area contributed by atoms with Gasteiger partial charge in [0.15, 0.2) is 5.17 Å². The number of aromatic nitrogens is 1. The number of nitrogens with zero attached hydrogens (tertiary/aromatic N) is 2. The highest BCUT2D eigenvalue weighted by Gasteiger charge is 2.40. The van der Waals surface area contributed by atoms with Crippen LogP contribution in [0.5, 0.6) is 0 Å². The Morgan fingerprint density at radius 2 is 2.45 bits per heavy atom. The summed E-state index contributed by atoms with van der Waals surface area (Å²) in [6.07, 6.45) is 9.10. The summed E-state index contributed by atoms with van der Waals surface area (Å²) in [6.45, 7) is 5.24. The van der Waals surface area contributed by atoms with Gasteiger partial charge in [0.2, 0.25) is 0 Å². The van der Waals surface area contributed by atoms with Crippen LogP contribution in [0.1, 0.15) is 43.7 Å². The summed E-state index contributed by atoms with van der Waals surface area (Å²) >= 11 is 1.90. The Balaban J connectivity index is 1.65. The van der Waals surface area contributed by atoms with E-state index in [9.17, 15) is 0 Å². The lowest BCUT2D eigenvalue weighted by Gasteiger charge is -2.36. The summed E-state index contributed by atoms with van der Waals surface area (Å²) in [4.78, 5) is 8.90. The number of hydrogen-bond acceptors (Lipinski definition) is 3. The minimum absolute atomic E-state index is 0.328. The zero-order chi connectivity index (χ0) is 14.0. The van der Waals surface area contributed by atoms with Crippen LogP contribution in [0.15, 0.2) is 23.5 Å². The van der Waals surface area contributed by atoms with Crippen LogP contribution in [0.3, 0.4) is 0 Å². The van der Waals surface area contributed by atoms with E-state index in [0.29, 0.717) is 5.54 Å². The topological polar surface area (TPSA) is 37.3 Å². The first-order chi connectivity index (χ1) is 9.67. The quantitative estimate of drug-likeness (QED) is 0.905. The van der Waals surface area contributed by atoms with E-state index in [0.717, 1.165) is 17.6 Å². The van der Waals surface area contributed by atoms with E-state index in [-0.39, 0.29) is 0 Å². The Morgan fingerprint density at radius 3 is 3.25 bits per heavy atom. The fourth-order valence-electron chi connectivity index (χ4n) is 3.33. The molecule has 2 aliphatic rings. The summed E-state index contributed by atoms with van der Waals surface area (Å²) in [7, 11) is 0. The molecular formula is C16H23N3S. The van der Waals surface area contributed by atoms with Gasteiger partial charge in [-0.25, -0.2) is 0 Å². The maximum atomic E-state index is 4.77. The SMILES string of the molecule is Cc1cnccc1CN=C1NC2(CCCC(C)C2)CS1. The van der Waals surface area contributed by atoms with E-state index in [1.54, 1.807) is 0 Å². The molecule has 1 aliphatic heterocycles. The Morgan fingerprint density at radius 1 is 1.55 bits per heavy atom. The van der Waals surface area contributed by atoms with Crippen molar-refractivity contribution >= 4 is 16.9 Å². The fraction of sp³-hybridized carbons (Fsp3) is 0.625. The highest BCUT2D eigenvalue weighted by molar-refractivity contribution is 8.14. The molecule has 0 bridgehead atoms. The summed E-state index contributed by atoms with van der Waals surface area (Å²) in [5, 5.41) is 4.86. The molecule has 2 atom stereocenters. The molecule has 0 aromatic carbocycles. The van der Waals surface area contributed by atoms with Crippen LogP contribution < -0.4 is 5.32 Å². The van der Waals surface area contributed by atoms with Crippen molar-refractivity contribution in [3.05, 3.63) is 29.6 Å². The number of hydrogen-bond donors (Lipinski definition) is 1. The minimum Gasteiger partial charge on any atom is -0.359 e. The standard InChI is InChI=1S/C16H23N3S/c1-12-4-3-6-16(8-12)11-20-15(19-16)18-10-14-5-7-17-9-13(14)2/h5,7,9,12H,3-4,6,8,10-11H2,1-2H3,(H,18,19). The smallest absolute Gasteiger partial charge is 0.157 e. The van der Waals surface area contributed by atoms with Crippen molar-refractivity contribution < 1.29 is 0 Å². The predicted molar refractivity (Wildman–Crippen MR) is 86.1 cm³/mol. The van der Waals surface area contributed by atoms with Crippen LogP contribution >= 0.6 is 11.8 Å². The number of rotatable bonds is 2. The zero-order valence-corrected chi connectivity index (χ0v) is 13.2. The van der Waals surface area contributed by atoms with Crippen molar-refractivity contribution in [1.82, 2.24) is 10.3 Å². The van der Waals surface area contributed by atoms with Crippen LogP contribution in [0.25, 0.3) is 0 Å². The number of amidine groups is 1.